The molecular weight excluding hydrogens is 306 g/mol. The van der Waals surface area contributed by atoms with Gasteiger partial charge >= 0.3 is 0 Å². The summed E-state index contributed by atoms with van der Waals surface area (Å²) in [7, 11) is 0. The van der Waals surface area contributed by atoms with Crippen LogP contribution in [0.3, 0.4) is 0 Å². The van der Waals surface area contributed by atoms with Crippen LogP contribution in [0.5, 0.6) is 0 Å². The van der Waals surface area contributed by atoms with Crippen molar-refractivity contribution in [1.82, 2.24) is 15.2 Å². The Balaban J connectivity index is 1.62. The first-order valence-corrected chi connectivity index (χ1v) is 8.22. The Bertz CT molecular complexity index is 914. The minimum absolute atomic E-state index is 0.0792. The van der Waals surface area contributed by atoms with Crippen molar-refractivity contribution in [2.24, 2.45) is 0 Å². The van der Waals surface area contributed by atoms with Gasteiger partial charge in [0.1, 0.15) is 0 Å². The molecule has 1 aromatic heterocycles. The minimum atomic E-state index is -0.0792. The highest BCUT2D eigenvalue weighted by atomic mass is 35.5. The summed E-state index contributed by atoms with van der Waals surface area (Å²) in [5, 5.41) is 9.71. The third kappa shape index (κ3) is 1.93. The maximum atomic E-state index is 6.02. The molecule has 3 aromatic rings. The number of nitrogens with zero attached hydrogens (tertiary/aromatic N) is 3. The average molecular weight is 320 g/mol. The van der Waals surface area contributed by atoms with E-state index in [2.05, 4.69) is 46.6 Å². The summed E-state index contributed by atoms with van der Waals surface area (Å²) < 4.78 is 0. The maximum Gasteiger partial charge on any atom is 0.162 e. The molecule has 0 aliphatic heterocycles. The Kier molecular flexibility index (Phi) is 2.65. The van der Waals surface area contributed by atoms with Gasteiger partial charge in [0.15, 0.2) is 5.82 Å². The van der Waals surface area contributed by atoms with Gasteiger partial charge in [-0.1, -0.05) is 48.0 Å². The van der Waals surface area contributed by atoms with E-state index in [9.17, 15) is 0 Å². The normalized spacial score (nSPS) is 16.7. The van der Waals surface area contributed by atoms with Crippen LogP contribution in [0.4, 0.5) is 0 Å². The fraction of sp³-hybridized carbons (Fsp3) is 0.211. The SMILES string of the molecule is Clc1ccc(C2(c3nnc4c(n3)-c3ccccc3C4)CC2)cc1. The Morgan fingerprint density at radius 2 is 1.70 bits per heavy atom. The number of hydrogen-bond donors (Lipinski definition) is 0. The van der Waals surface area contributed by atoms with Gasteiger partial charge in [-0.2, -0.15) is 5.10 Å². The largest absolute Gasteiger partial charge is 0.228 e. The number of halogens is 1. The van der Waals surface area contributed by atoms with Crippen molar-refractivity contribution >= 4 is 11.6 Å². The Morgan fingerprint density at radius 3 is 2.48 bits per heavy atom. The summed E-state index contributed by atoms with van der Waals surface area (Å²) in [6.07, 6.45) is 2.97. The molecule has 1 saturated carbocycles. The van der Waals surface area contributed by atoms with Crippen LogP contribution in [-0.2, 0) is 11.8 Å². The van der Waals surface area contributed by atoms with Gasteiger partial charge in [-0.25, -0.2) is 4.98 Å². The van der Waals surface area contributed by atoms with Crippen molar-refractivity contribution in [3.8, 4) is 11.3 Å². The lowest BCUT2D eigenvalue weighted by atomic mass is 9.95. The zero-order valence-electron chi connectivity index (χ0n) is 12.5. The van der Waals surface area contributed by atoms with E-state index < -0.39 is 0 Å². The van der Waals surface area contributed by atoms with Gasteiger partial charge in [-0.15, -0.1) is 5.10 Å². The van der Waals surface area contributed by atoms with E-state index in [0.717, 1.165) is 41.5 Å². The van der Waals surface area contributed by atoms with Gasteiger partial charge in [-0.05, 0) is 36.1 Å². The van der Waals surface area contributed by atoms with Crippen LogP contribution in [0, 0.1) is 0 Å². The molecule has 0 amide bonds. The molecule has 0 N–H and O–H groups in total. The molecule has 4 heteroatoms. The van der Waals surface area contributed by atoms with Crippen LogP contribution in [0.1, 0.15) is 35.5 Å². The van der Waals surface area contributed by atoms with Crippen molar-refractivity contribution in [1.29, 1.82) is 0 Å². The lowest BCUT2D eigenvalue weighted by Crippen LogP contribution is -2.15. The van der Waals surface area contributed by atoms with E-state index in [-0.39, 0.29) is 5.41 Å². The molecule has 2 aromatic carbocycles. The molecule has 2 aliphatic carbocycles. The van der Waals surface area contributed by atoms with E-state index in [1.165, 1.54) is 16.7 Å². The van der Waals surface area contributed by atoms with Gasteiger partial charge in [0.2, 0.25) is 0 Å². The van der Waals surface area contributed by atoms with Gasteiger partial charge in [0, 0.05) is 17.0 Å². The summed E-state index contributed by atoms with van der Waals surface area (Å²) in [4.78, 5) is 4.92. The summed E-state index contributed by atoms with van der Waals surface area (Å²) in [5.74, 6) is 0.843. The summed E-state index contributed by atoms with van der Waals surface area (Å²) in [6, 6.07) is 16.4. The first-order chi connectivity index (χ1) is 11.3. The van der Waals surface area contributed by atoms with Crippen molar-refractivity contribution in [3.05, 3.63) is 76.2 Å². The van der Waals surface area contributed by atoms with E-state index in [4.69, 9.17) is 16.6 Å². The molecule has 1 heterocycles. The van der Waals surface area contributed by atoms with Gasteiger partial charge in [0.05, 0.1) is 16.8 Å². The molecule has 0 spiro atoms. The van der Waals surface area contributed by atoms with Gasteiger partial charge < -0.3 is 0 Å². The van der Waals surface area contributed by atoms with Crippen molar-refractivity contribution < 1.29 is 0 Å². The number of hydrogen-bond acceptors (Lipinski definition) is 3. The predicted octanol–water partition coefficient (Wildman–Crippen LogP) is 4.18. The zero-order valence-corrected chi connectivity index (χ0v) is 13.2. The fourth-order valence-electron chi connectivity index (χ4n) is 3.51. The molecule has 5 rings (SSSR count). The van der Waals surface area contributed by atoms with Crippen LogP contribution >= 0.6 is 11.6 Å². The molecule has 0 unspecified atom stereocenters. The van der Waals surface area contributed by atoms with E-state index in [0.29, 0.717) is 0 Å². The summed E-state index contributed by atoms with van der Waals surface area (Å²) in [6.45, 7) is 0. The van der Waals surface area contributed by atoms with E-state index in [1.807, 2.05) is 12.1 Å². The topological polar surface area (TPSA) is 38.7 Å². The number of aromatic nitrogens is 3. The van der Waals surface area contributed by atoms with E-state index >= 15 is 0 Å². The van der Waals surface area contributed by atoms with Crippen LogP contribution in [0.2, 0.25) is 5.02 Å². The van der Waals surface area contributed by atoms with Crippen molar-refractivity contribution in [3.63, 3.8) is 0 Å². The first-order valence-electron chi connectivity index (χ1n) is 7.85. The van der Waals surface area contributed by atoms with Crippen molar-refractivity contribution in [2.75, 3.05) is 0 Å². The Hall–Kier alpha value is -2.26. The van der Waals surface area contributed by atoms with Crippen LogP contribution in [0.25, 0.3) is 11.3 Å². The van der Waals surface area contributed by atoms with Crippen molar-refractivity contribution in [2.45, 2.75) is 24.7 Å². The quantitative estimate of drug-likeness (QED) is 0.556. The lowest BCUT2D eigenvalue weighted by molar-refractivity contribution is 0.712. The zero-order chi connectivity index (χ0) is 15.4. The summed E-state index contributed by atoms with van der Waals surface area (Å²) >= 11 is 6.02. The third-order valence-electron chi connectivity index (χ3n) is 4.96. The first kappa shape index (κ1) is 13.2. The molecule has 23 heavy (non-hydrogen) atoms. The Morgan fingerprint density at radius 1 is 0.913 bits per heavy atom. The average Bonchev–Trinajstić information content (AvgIpc) is 3.31. The minimum Gasteiger partial charge on any atom is -0.228 e. The fourth-order valence-corrected chi connectivity index (χ4v) is 3.63. The lowest BCUT2D eigenvalue weighted by Gasteiger charge is -2.14. The highest BCUT2D eigenvalue weighted by molar-refractivity contribution is 6.30. The molecule has 3 nitrogen and oxygen atoms in total. The number of fused-ring (bicyclic) bond motifs is 3. The smallest absolute Gasteiger partial charge is 0.162 e. The van der Waals surface area contributed by atoms with Crippen LogP contribution < -0.4 is 0 Å². The number of benzene rings is 2. The van der Waals surface area contributed by atoms with Crippen LogP contribution in [0.15, 0.2) is 48.5 Å². The highest BCUT2D eigenvalue weighted by Gasteiger charge is 2.49. The second-order valence-electron chi connectivity index (χ2n) is 6.35. The molecule has 0 saturated heterocycles. The van der Waals surface area contributed by atoms with E-state index in [1.54, 1.807) is 0 Å². The summed E-state index contributed by atoms with van der Waals surface area (Å²) in [5.41, 5.74) is 5.63. The molecule has 2 aliphatic rings. The second kappa shape index (κ2) is 4.62. The predicted molar refractivity (Wildman–Crippen MR) is 89.5 cm³/mol. The monoisotopic (exact) mass is 319 g/mol. The molecule has 1 fully saturated rings. The molecule has 0 radical (unpaired) electrons. The second-order valence-corrected chi connectivity index (χ2v) is 6.79. The Labute approximate surface area is 139 Å². The molecule has 0 atom stereocenters. The van der Waals surface area contributed by atoms with Crippen LogP contribution in [-0.4, -0.2) is 15.2 Å². The third-order valence-corrected chi connectivity index (χ3v) is 5.21. The highest BCUT2D eigenvalue weighted by Crippen LogP contribution is 2.52. The molecular formula is C19H14ClN3. The van der Waals surface area contributed by atoms with Gasteiger partial charge in [-0.3, -0.25) is 0 Å². The van der Waals surface area contributed by atoms with Gasteiger partial charge in [0.25, 0.3) is 0 Å². The molecule has 112 valence electrons. The number of rotatable bonds is 2. The maximum absolute atomic E-state index is 6.02. The molecule has 0 bridgehead atoms. The standard InChI is InChI=1S/C19H14ClN3/c20-14-7-5-13(6-8-14)19(9-10-19)18-21-17-15-4-2-1-3-12(15)11-16(17)22-23-18/h1-8H,9-11H2.